The van der Waals surface area contributed by atoms with Gasteiger partial charge in [0.2, 0.25) is 0 Å². The van der Waals surface area contributed by atoms with Crippen LogP contribution < -0.4 is 10.6 Å². The predicted octanol–water partition coefficient (Wildman–Crippen LogP) is 1.61. The van der Waals surface area contributed by atoms with E-state index in [0.29, 0.717) is 0 Å². The molecule has 132 valence electrons. The van der Waals surface area contributed by atoms with Crippen LogP contribution in [0.1, 0.15) is 17.3 Å². The second kappa shape index (κ2) is 6.72. The molecule has 3 N–H and O–H groups in total. The van der Waals surface area contributed by atoms with E-state index in [9.17, 15) is 35.9 Å². The van der Waals surface area contributed by atoms with Crippen LogP contribution >= 0.6 is 0 Å². The molecule has 7 nitrogen and oxygen atoms in total. The summed E-state index contributed by atoms with van der Waals surface area (Å²) in [5.74, 6) is -3.58. The van der Waals surface area contributed by atoms with Gasteiger partial charge in [-0.25, -0.2) is 9.59 Å². The highest BCUT2D eigenvalue weighted by Crippen LogP contribution is 2.33. The third-order valence-corrected chi connectivity index (χ3v) is 2.44. The van der Waals surface area contributed by atoms with Crippen molar-refractivity contribution in [3.63, 3.8) is 0 Å². The van der Waals surface area contributed by atoms with Gasteiger partial charge in [0.15, 0.2) is 0 Å². The molecular weight excluding hydrogens is 352 g/mol. The van der Waals surface area contributed by atoms with Crippen LogP contribution in [-0.4, -0.2) is 34.2 Å². The highest BCUT2D eigenvalue weighted by molar-refractivity contribution is 6.04. The Bertz CT molecular complexity index is 658. The molecular formula is C11H7F6N3O4. The summed E-state index contributed by atoms with van der Waals surface area (Å²) in [6, 6.07) is 0.193. The maximum atomic E-state index is 12.6. The second-order valence-corrected chi connectivity index (χ2v) is 4.14. The molecule has 3 amide bonds. The normalized spacial score (nSPS) is 17.5. The number of aromatic nitrogens is 1. The molecule has 1 aliphatic heterocycles. The summed E-state index contributed by atoms with van der Waals surface area (Å²) in [5.41, 5.74) is -1.55. The number of amides is 3. The number of carboxylic acids is 1. The van der Waals surface area contributed by atoms with Gasteiger partial charge in [0, 0.05) is 11.8 Å². The van der Waals surface area contributed by atoms with Gasteiger partial charge in [-0.2, -0.15) is 26.3 Å². The molecule has 0 bridgehead atoms. The van der Waals surface area contributed by atoms with Crippen LogP contribution in [0.25, 0.3) is 0 Å². The summed E-state index contributed by atoms with van der Waals surface area (Å²) >= 11 is 0. The predicted molar refractivity (Wildman–Crippen MR) is 62.3 cm³/mol. The molecule has 0 aromatic carbocycles. The first kappa shape index (κ1) is 19.2. The minimum absolute atomic E-state index is 0.372. The highest BCUT2D eigenvalue weighted by Gasteiger charge is 2.41. The molecule has 1 atom stereocenters. The molecule has 1 aromatic rings. The first-order chi connectivity index (χ1) is 10.8. The molecule has 0 spiro atoms. The third-order valence-electron chi connectivity index (χ3n) is 2.44. The van der Waals surface area contributed by atoms with Crippen molar-refractivity contribution in [1.29, 1.82) is 0 Å². The maximum absolute atomic E-state index is 12.6. The van der Waals surface area contributed by atoms with E-state index in [4.69, 9.17) is 9.90 Å². The number of nitrogens with zero attached hydrogens (tertiary/aromatic N) is 1. The summed E-state index contributed by atoms with van der Waals surface area (Å²) in [4.78, 5) is 34.2. The van der Waals surface area contributed by atoms with Crippen LogP contribution in [0.15, 0.2) is 18.3 Å². The quantitative estimate of drug-likeness (QED) is 0.522. The van der Waals surface area contributed by atoms with Crippen molar-refractivity contribution < 1.29 is 45.8 Å². The standard InChI is InChI=1S/C9H6F3N3O2.C2HF3O2/c10-9(11,12)6-4(2-1-3-13-6)5-7(16)15-8(17)14-5;3-2(4,5)1(6)7/h1-3,5H,(H2,14,15,16,17);(H,6,7). The van der Waals surface area contributed by atoms with Gasteiger partial charge >= 0.3 is 24.4 Å². The molecule has 0 radical (unpaired) electrons. The van der Waals surface area contributed by atoms with E-state index in [0.717, 1.165) is 12.3 Å². The van der Waals surface area contributed by atoms with Gasteiger partial charge in [-0.1, -0.05) is 6.07 Å². The number of carbonyl (C=O) groups is 3. The van der Waals surface area contributed by atoms with E-state index in [1.54, 1.807) is 0 Å². The fraction of sp³-hybridized carbons (Fsp3) is 0.273. The van der Waals surface area contributed by atoms with Crippen LogP contribution in [0, 0.1) is 0 Å². The Hall–Kier alpha value is -2.86. The van der Waals surface area contributed by atoms with E-state index < -0.39 is 42.0 Å². The second-order valence-electron chi connectivity index (χ2n) is 4.14. The zero-order valence-corrected chi connectivity index (χ0v) is 11.2. The lowest BCUT2D eigenvalue weighted by Crippen LogP contribution is -2.24. The molecule has 1 aromatic heterocycles. The van der Waals surface area contributed by atoms with Crippen LogP contribution in [-0.2, 0) is 15.8 Å². The van der Waals surface area contributed by atoms with Crippen LogP contribution in [0.4, 0.5) is 31.1 Å². The Balaban J connectivity index is 0.000000351. The summed E-state index contributed by atoms with van der Waals surface area (Å²) in [6.07, 6.45) is -8.79. The number of alkyl halides is 6. The third kappa shape index (κ3) is 4.82. The van der Waals surface area contributed by atoms with E-state index in [1.165, 1.54) is 6.07 Å². The number of rotatable bonds is 1. The number of halogens is 6. The van der Waals surface area contributed by atoms with Gasteiger partial charge < -0.3 is 10.4 Å². The lowest BCUT2D eigenvalue weighted by Gasteiger charge is -2.14. The smallest absolute Gasteiger partial charge is 0.475 e. The maximum Gasteiger partial charge on any atom is 0.490 e. The van der Waals surface area contributed by atoms with Gasteiger partial charge in [0.05, 0.1) is 0 Å². The van der Waals surface area contributed by atoms with E-state index in [2.05, 4.69) is 10.3 Å². The van der Waals surface area contributed by atoms with Crippen molar-refractivity contribution in [3.05, 3.63) is 29.6 Å². The fourth-order valence-corrected chi connectivity index (χ4v) is 1.52. The number of carboxylic acid groups (broad SMARTS) is 1. The van der Waals surface area contributed by atoms with Crippen molar-refractivity contribution in [2.75, 3.05) is 0 Å². The number of nitrogens with one attached hydrogen (secondary N) is 2. The molecule has 1 unspecified atom stereocenters. The lowest BCUT2D eigenvalue weighted by atomic mass is 10.1. The molecule has 0 saturated carbocycles. The van der Waals surface area contributed by atoms with Crippen molar-refractivity contribution in [1.82, 2.24) is 15.6 Å². The highest BCUT2D eigenvalue weighted by atomic mass is 19.4. The van der Waals surface area contributed by atoms with Gasteiger partial charge in [-0.05, 0) is 6.07 Å². The minimum Gasteiger partial charge on any atom is -0.475 e. The number of aliphatic carboxylic acids is 1. The Morgan fingerprint density at radius 3 is 2.08 bits per heavy atom. The van der Waals surface area contributed by atoms with Crippen LogP contribution in [0.5, 0.6) is 0 Å². The minimum atomic E-state index is -5.08. The Morgan fingerprint density at radius 2 is 1.71 bits per heavy atom. The summed E-state index contributed by atoms with van der Waals surface area (Å²) in [7, 11) is 0. The van der Waals surface area contributed by atoms with Crippen molar-refractivity contribution >= 4 is 17.9 Å². The molecule has 13 heteroatoms. The van der Waals surface area contributed by atoms with Gasteiger partial charge in [0.1, 0.15) is 11.7 Å². The summed E-state index contributed by atoms with van der Waals surface area (Å²) in [6.45, 7) is 0. The number of hydrogen-bond donors (Lipinski definition) is 3. The summed E-state index contributed by atoms with van der Waals surface area (Å²) in [5, 5.41) is 11.1. The van der Waals surface area contributed by atoms with Crippen LogP contribution in [0.3, 0.4) is 0 Å². The molecule has 1 fully saturated rings. The van der Waals surface area contributed by atoms with Crippen molar-refractivity contribution in [3.8, 4) is 0 Å². The number of imide groups is 1. The van der Waals surface area contributed by atoms with Gasteiger partial charge in [0.25, 0.3) is 5.91 Å². The molecule has 24 heavy (non-hydrogen) atoms. The topological polar surface area (TPSA) is 108 Å². The molecule has 2 rings (SSSR count). The fourth-order valence-electron chi connectivity index (χ4n) is 1.52. The largest absolute Gasteiger partial charge is 0.490 e. The van der Waals surface area contributed by atoms with E-state index >= 15 is 0 Å². The van der Waals surface area contributed by atoms with Gasteiger partial charge in [-0.3, -0.25) is 15.1 Å². The first-order valence-electron chi connectivity index (χ1n) is 5.77. The molecule has 1 aliphatic rings. The number of urea groups is 1. The average molecular weight is 359 g/mol. The number of hydrogen-bond acceptors (Lipinski definition) is 4. The average Bonchev–Trinajstić information content (AvgIpc) is 2.76. The lowest BCUT2D eigenvalue weighted by molar-refractivity contribution is -0.192. The molecule has 0 aliphatic carbocycles. The SMILES string of the molecule is O=C(O)C(F)(F)F.O=C1NC(=O)C(c2cccnc2C(F)(F)F)N1. The zero-order chi connectivity index (χ0) is 18.7. The van der Waals surface area contributed by atoms with Crippen molar-refractivity contribution in [2.24, 2.45) is 0 Å². The summed E-state index contributed by atoms with van der Waals surface area (Å²) < 4.78 is 69.6. The number of pyridine rings is 1. The van der Waals surface area contributed by atoms with Crippen molar-refractivity contribution in [2.45, 2.75) is 18.4 Å². The Labute approximate surface area is 128 Å². The molecule has 1 saturated heterocycles. The van der Waals surface area contributed by atoms with Gasteiger partial charge in [-0.15, -0.1) is 0 Å². The Morgan fingerprint density at radius 1 is 1.17 bits per heavy atom. The van der Waals surface area contributed by atoms with E-state index in [1.807, 2.05) is 5.32 Å². The van der Waals surface area contributed by atoms with E-state index in [-0.39, 0.29) is 5.56 Å². The first-order valence-corrected chi connectivity index (χ1v) is 5.77. The van der Waals surface area contributed by atoms with Crippen LogP contribution in [0.2, 0.25) is 0 Å². The Kier molecular flexibility index (Phi) is 5.37. The molecule has 2 heterocycles. The monoisotopic (exact) mass is 359 g/mol. The zero-order valence-electron chi connectivity index (χ0n) is 11.2. The number of carbonyl (C=O) groups excluding carboxylic acids is 2.